The molecule has 1 saturated heterocycles. The molecular formula is C17H18N2O4. The van der Waals surface area contributed by atoms with Gasteiger partial charge in [-0.2, -0.15) is 0 Å². The first kappa shape index (κ1) is 15.3. The molecule has 0 unspecified atom stereocenters. The quantitative estimate of drug-likeness (QED) is 0.810. The van der Waals surface area contributed by atoms with Crippen LogP contribution in [0.3, 0.4) is 0 Å². The number of rotatable bonds is 4. The maximum atomic E-state index is 12.1. The summed E-state index contributed by atoms with van der Waals surface area (Å²) in [6.07, 6.45) is 2.00. The van der Waals surface area contributed by atoms with Crippen molar-refractivity contribution in [1.82, 2.24) is 9.88 Å². The third kappa shape index (κ3) is 3.41. The van der Waals surface area contributed by atoms with Gasteiger partial charge in [-0.05, 0) is 31.9 Å². The van der Waals surface area contributed by atoms with Gasteiger partial charge in [0.25, 0.3) is 5.91 Å². The van der Waals surface area contributed by atoms with E-state index in [9.17, 15) is 9.59 Å². The van der Waals surface area contributed by atoms with Crippen LogP contribution in [0.25, 0.3) is 11.5 Å². The number of esters is 1. The number of likely N-dealkylation sites (tertiary alicyclic amines) is 1. The Morgan fingerprint density at radius 2 is 1.91 bits per heavy atom. The lowest BCUT2D eigenvalue weighted by atomic mass is 10.2. The Bertz CT molecular complexity index is 703. The van der Waals surface area contributed by atoms with Crippen LogP contribution < -0.4 is 0 Å². The van der Waals surface area contributed by atoms with E-state index < -0.39 is 5.97 Å². The molecule has 2 heterocycles. The Labute approximate surface area is 134 Å². The average molecular weight is 314 g/mol. The highest BCUT2D eigenvalue weighted by molar-refractivity contribution is 5.91. The van der Waals surface area contributed by atoms with Crippen LogP contribution in [-0.2, 0) is 9.53 Å². The van der Waals surface area contributed by atoms with Crippen molar-refractivity contribution in [2.24, 2.45) is 0 Å². The minimum absolute atomic E-state index is 0.109. The van der Waals surface area contributed by atoms with Gasteiger partial charge < -0.3 is 14.1 Å². The van der Waals surface area contributed by atoms with Gasteiger partial charge in [-0.15, -0.1) is 0 Å². The Balaban J connectivity index is 1.65. The molecule has 23 heavy (non-hydrogen) atoms. The summed E-state index contributed by atoms with van der Waals surface area (Å²) in [6.45, 7) is 2.86. The van der Waals surface area contributed by atoms with E-state index in [2.05, 4.69) is 4.98 Å². The fourth-order valence-electron chi connectivity index (χ4n) is 2.54. The number of amides is 1. The highest BCUT2D eigenvalue weighted by atomic mass is 16.5. The largest absolute Gasteiger partial charge is 0.451 e. The highest BCUT2D eigenvalue weighted by Gasteiger charge is 2.23. The fourth-order valence-corrected chi connectivity index (χ4v) is 2.54. The molecule has 0 aliphatic carbocycles. The number of ether oxygens (including phenoxy) is 1. The molecule has 1 aromatic carbocycles. The molecule has 0 bridgehead atoms. The number of nitrogens with zero attached hydrogens (tertiary/aromatic N) is 2. The molecule has 6 heteroatoms. The van der Waals surface area contributed by atoms with Crippen molar-refractivity contribution >= 4 is 11.9 Å². The van der Waals surface area contributed by atoms with Gasteiger partial charge in [0.2, 0.25) is 5.89 Å². The third-order valence-electron chi connectivity index (χ3n) is 3.80. The summed E-state index contributed by atoms with van der Waals surface area (Å²) < 4.78 is 10.6. The molecular weight excluding hydrogens is 296 g/mol. The van der Waals surface area contributed by atoms with Crippen molar-refractivity contribution in [3.05, 3.63) is 41.8 Å². The van der Waals surface area contributed by atoms with Gasteiger partial charge in [0.05, 0.1) is 0 Å². The zero-order chi connectivity index (χ0) is 16.2. The van der Waals surface area contributed by atoms with Gasteiger partial charge in [-0.3, -0.25) is 4.79 Å². The SMILES string of the molecule is Cc1oc(-c2ccccc2)nc1C(=O)OCC(=O)N1CCCC1. The van der Waals surface area contributed by atoms with Crippen LogP contribution in [0.1, 0.15) is 29.1 Å². The van der Waals surface area contributed by atoms with E-state index in [4.69, 9.17) is 9.15 Å². The standard InChI is InChI=1S/C17H18N2O4/c1-12-15(18-16(23-12)13-7-3-2-4-8-13)17(21)22-11-14(20)19-9-5-6-10-19/h2-4,7-8H,5-6,9-11H2,1H3. The minimum atomic E-state index is -0.638. The first-order valence-corrected chi connectivity index (χ1v) is 7.63. The number of hydrogen-bond donors (Lipinski definition) is 0. The number of hydrogen-bond acceptors (Lipinski definition) is 5. The first-order valence-electron chi connectivity index (χ1n) is 7.63. The van der Waals surface area contributed by atoms with Gasteiger partial charge in [-0.25, -0.2) is 9.78 Å². The van der Waals surface area contributed by atoms with E-state index in [1.54, 1.807) is 11.8 Å². The number of carbonyl (C=O) groups is 2. The molecule has 1 fully saturated rings. The van der Waals surface area contributed by atoms with Crippen LogP contribution in [0.5, 0.6) is 0 Å². The lowest BCUT2D eigenvalue weighted by Crippen LogP contribution is -2.32. The summed E-state index contributed by atoms with van der Waals surface area (Å²) in [5.41, 5.74) is 0.890. The zero-order valence-electron chi connectivity index (χ0n) is 12.9. The van der Waals surface area contributed by atoms with Crippen molar-refractivity contribution < 1.29 is 18.7 Å². The molecule has 0 N–H and O–H groups in total. The maximum absolute atomic E-state index is 12.1. The normalized spacial score (nSPS) is 14.0. The molecule has 3 rings (SSSR count). The molecule has 2 aromatic rings. The Morgan fingerprint density at radius 3 is 2.61 bits per heavy atom. The van der Waals surface area contributed by atoms with Crippen molar-refractivity contribution in [1.29, 1.82) is 0 Å². The van der Waals surface area contributed by atoms with E-state index in [-0.39, 0.29) is 18.2 Å². The number of carbonyl (C=O) groups excluding carboxylic acids is 2. The van der Waals surface area contributed by atoms with Crippen LogP contribution in [0.2, 0.25) is 0 Å². The summed E-state index contributed by atoms with van der Waals surface area (Å²) in [6, 6.07) is 9.30. The monoisotopic (exact) mass is 314 g/mol. The van der Waals surface area contributed by atoms with Crippen molar-refractivity contribution in [3.8, 4) is 11.5 Å². The van der Waals surface area contributed by atoms with Crippen LogP contribution in [0.4, 0.5) is 0 Å². The summed E-state index contributed by atoms with van der Waals surface area (Å²) in [5, 5.41) is 0. The number of oxazole rings is 1. The summed E-state index contributed by atoms with van der Waals surface area (Å²) in [7, 11) is 0. The number of aromatic nitrogens is 1. The Kier molecular flexibility index (Phi) is 4.41. The van der Waals surface area contributed by atoms with Crippen LogP contribution in [0.15, 0.2) is 34.7 Å². The van der Waals surface area contributed by atoms with E-state index in [0.29, 0.717) is 11.7 Å². The molecule has 1 aromatic heterocycles. The first-order chi connectivity index (χ1) is 11.1. The van der Waals surface area contributed by atoms with Crippen LogP contribution in [0, 0.1) is 6.92 Å². The van der Waals surface area contributed by atoms with Gasteiger partial charge in [0, 0.05) is 18.7 Å². The molecule has 1 aliphatic heterocycles. The summed E-state index contributed by atoms with van der Waals surface area (Å²) in [5.74, 6) is -0.0651. The third-order valence-corrected chi connectivity index (χ3v) is 3.80. The van der Waals surface area contributed by atoms with Gasteiger partial charge in [0.1, 0.15) is 5.76 Å². The maximum Gasteiger partial charge on any atom is 0.361 e. The summed E-state index contributed by atoms with van der Waals surface area (Å²) >= 11 is 0. The second-order valence-electron chi connectivity index (χ2n) is 5.45. The number of aryl methyl sites for hydroxylation is 1. The minimum Gasteiger partial charge on any atom is -0.451 e. The number of benzene rings is 1. The molecule has 120 valence electrons. The molecule has 6 nitrogen and oxygen atoms in total. The molecule has 1 amide bonds. The highest BCUT2D eigenvalue weighted by Crippen LogP contribution is 2.21. The Hall–Kier alpha value is -2.63. The van der Waals surface area contributed by atoms with Crippen molar-refractivity contribution in [3.63, 3.8) is 0 Å². The van der Waals surface area contributed by atoms with Crippen molar-refractivity contribution in [2.75, 3.05) is 19.7 Å². The average Bonchev–Trinajstić information content (AvgIpc) is 3.23. The Morgan fingerprint density at radius 1 is 1.22 bits per heavy atom. The molecule has 0 saturated carbocycles. The summed E-state index contributed by atoms with van der Waals surface area (Å²) in [4.78, 5) is 29.9. The second-order valence-corrected chi connectivity index (χ2v) is 5.45. The topological polar surface area (TPSA) is 72.6 Å². The molecule has 0 atom stereocenters. The van der Waals surface area contributed by atoms with E-state index in [1.807, 2.05) is 30.3 Å². The fraction of sp³-hybridized carbons (Fsp3) is 0.353. The van der Waals surface area contributed by atoms with E-state index in [1.165, 1.54) is 0 Å². The molecule has 1 aliphatic rings. The lowest BCUT2D eigenvalue weighted by molar-refractivity contribution is -0.133. The predicted molar refractivity (Wildman–Crippen MR) is 82.8 cm³/mol. The predicted octanol–water partition coefficient (Wildman–Crippen LogP) is 2.43. The van der Waals surface area contributed by atoms with Crippen molar-refractivity contribution in [2.45, 2.75) is 19.8 Å². The zero-order valence-corrected chi connectivity index (χ0v) is 12.9. The molecule has 0 spiro atoms. The smallest absolute Gasteiger partial charge is 0.361 e. The van der Waals surface area contributed by atoms with Gasteiger partial charge >= 0.3 is 5.97 Å². The van der Waals surface area contributed by atoms with E-state index in [0.717, 1.165) is 31.5 Å². The molecule has 0 radical (unpaired) electrons. The van der Waals surface area contributed by atoms with Gasteiger partial charge in [0.15, 0.2) is 12.3 Å². The van der Waals surface area contributed by atoms with Crippen LogP contribution in [-0.4, -0.2) is 41.5 Å². The van der Waals surface area contributed by atoms with Gasteiger partial charge in [-0.1, -0.05) is 18.2 Å². The lowest BCUT2D eigenvalue weighted by Gasteiger charge is -2.14. The second kappa shape index (κ2) is 6.64. The van der Waals surface area contributed by atoms with E-state index >= 15 is 0 Å². The van der Waals surface area contributed by atoms with Crippen LogP contribution >= 0.6 is 0 Å².